The molecule has 0 saturated carbocycles. The number of amides is 1. The largest absolute Gasteiger partial charge is 0.394 e. The summed E-state index contributed by atoms with van der Waals surface area (Å²) in [6.45, 7) is 5.11. The second-order valence-electron chi connectivity index (χ2n) is 4.79. The average molecular weight is 239 g/mol. The molecular weight excluding hydrogens is 221 g/mol. The molecule has 4 heteroatoms. The average Bonchev–Trinajstić information content (AvgIpc) is 2.30. The van der Waals surface area contributed by atoms with Crippen LogP contribution in [0, 0.1) is 12.7 Å². The third-order valence-electron chi connectivity index (χ3n) is 3.03. The zero-order valence-corrected chi connectivity index (χ0v) is 10.6. The highest BCUT2D eigenvalue weighted by molar-refractivity contribution is 5.95. The molecule has 0 atom stereocenters. The van der Waals surface area contributed by atoms with Gasteiger partial charge in [-0.15, -0.1) is 0 Å². The van der Waals surface area contributed by atoms with Crippen molar-refractivity contribution in [2.24, 2.45) is 0 Å². The topological polar surface area (TPSA) is 40.5 Å². The van der Waals surface area contributed by atoms with Gasteiger partial charge in [-0.05, 0) is 38.5 Å². The first-order valence-corrected chi connectivity index (χ1v) is 5.45. The number of rotatable bonds is 3. The van der Waals surface area contributed by atoms with Gasteiger partial charge in [-0.3, -0.25) is 4.79 Å². The van der Waals surface area contributed by atoms with Crippen LogP contribution in [0.4, 0.5) is 4.39 Å². The monoisotopic (exact) mass is 239 g/mol. The fourth-order valence-electron chi connectivity index (χ4n) is 1.39. The maximum Gasteiger partial charge on any atom is 0.254 e. The zero-order valence-electron chi connectivity index (χ0n) is 10.6. The first-order chi connectivity index (χ1) is 7.79. The Balaban J connectivity index is 3.08. The molecule has 0 bridgehead atoms. The van der Waals surface area contributed by atoms with E-state index >= 15 is 0 Å². The van der Waals surface area contributed by atoms with Crippen molar-refractivity contribution in [1.82, 2.24) is 4.90 Å². The molecule has 0 aliphatic carbocycles. The van der Waals surface area contributed by atoms with Gasteiger partial charge >= 0.3 is 0 Å². The minimum absolute atomic E-state index is 0.149. The number of halogens is 1. The first kappa shape index (κ1) is 13.6. The number of likely N-dealkylation sites (N-methyl/N-ethyl adjacent to an activating group) is 1. The second-order valence-corrected chi connectivity index (χ2v) is 4.79. The maximum atomic E-state index is 13.1. The molecule has 0 aliphatic heterocycles. The molecular formula is C13H18FNO2. The van der Waals surface area contributed by atoms with Crippen molar-refractivity contribution in [2.75, 3.05) is 13.7 Å². The normalized spacial score (nSPS) is 11.4. The summed E-state index contributed by atoms with van der Waals surface area (Å²) >= 11 is 0. The lowest BCUT2D eigenvalue weighted by Gasteiger charge is -2.34. The van der Waals surface area contributed by atoms with E-state index in [1.807, 2.05) is 0 Å². The van der Waals surface area contributed by atoms with Crippen LogP contribution in [0.15, 0.2) is 18.2 Å². The van der Waals surface area contributed by atoms with E-state index in [4.69, 9.17) is 0 Å². The van der Waals surface area contributed by atoms with Crippen LogP contribution in [0.2, 0.25) is 0 Å². The van der Waals surface area contributed by atoms with Crippen LogP contribution < -0.4 is 0 Å². The molecule has 0 aliphatic rings. The molecule has 0 spiro atoms. The second kappa shape index (κ2) is 4.84. The summed E-state index contributed by atoms with van der Waals surface area (Å²) in [7, 11) is 1.60. The molecule has 3 nitrogen and oxygen atoms in total. The third kappa shape index (κ3) is 2.82. The lowest BCUT2D eigenvalue weighted by atomic mass is 10.0. The van der Waals surface area contributed by atoms with Crippen LogP contribution >= 0.6 is 0 Å². The van der Waals surface area contributed by atoms with E-state index in [-0.39, 0.29) is 12.5 Å². The quantitative estimate of drug-likeness (QED) is 0.876. The lowest BCUT2D eigenvalue weighted by molar-refractivity contribution is 0.0472. The number of carbonyl (C=O) groups excluding carboxylic acids is 1. The van der Waals surface area contributed by atoms with Crippen molar-refractivity contribution in [2.45, 2.75) is 26.3 Å². The Kier molecular flexibility index (Phi) is 3.88. The number of aliphatic hydroxyl groups is 1. The zero-order chi connectivity index (χ0) is 13.2. The number of benzene rings is 1. The number of aryl methyl sites for hydroxylation is 1. The third-order valence-corrected chi connectivity index (χ3v) is 3.03. The van der Waals surface area contributed by atoms with E-state index in [0.717, 1.165) is 5.56 Å². The highest BCUT2D eigenvalue weighted by Crippen LogP contribution is 2.18. The van der Waals surface area contributed by atoms with Crippen LogP contribution in [0.3, 0.4) is 0 Å². The van der Waals surface area contributed by atoms with Gasteiger partial charge in [-0.2, -0.15) is 0 Å². The molecule has 0 fully saturated rings. The van der Waals surface area contributed by atoms with Crippen LogP contribution in [-0.4, -0.2) is 35.1 Å². The Morgan fingerprint density at radius 2 is 2.06 bits per heavy atom. The lowest BCUT2D eigenvalue weighted by Crippen LogP contribution is -2.47. The van der Waals surface area contributed by atoms with Gasteiger partial charge in [-0.25, -0.2) is 4.39 Å². The Morgan fingerprint density at radius 3 is 2.59 bits per heavy atom. The molecule has 17 heavy (non-hydrogen) atoms. The molecule has 1 N–H and O–H groups in total. The predicted octanol–water partition coefficient (Wildman–Crippen LogP) is 1.98. The van der Waals surface area contributed by atoms with Crippen LogP contribution in [0.1, 0.15) is 29.8 Å². The summed E-state index contributed by atoms with van der Waals surface area (Å²) in [5.74, 6) is -0.727. The Bertz CT molecular complexity index is 429. The molecule has 0 radical (unpaired) electrons. The van der Waals surface area contributed by atoms with E-state index in [2.05, 4.69) is 0 Å². The van der Waals surface area contributed by atoms with Crippen molar-refractivity contribution < 1.29 is 14.3 Å². The SMILES string of the molecule is Cc1ccc(F)cc1C(=O)N(C)C(C)(C)CO. The molecule has 0 saturated heterocycles. The molecule has 1 amide bonds. The fourth-order valence-corrected chi connectivity index (χ4v) is 1.39. The minimum atomic E-state index is -0.671. The van der Waals surface area contributed by atoms with Crippen LogP contribution in [0.5, 0.6) is 0 Å². The molecule has 1 aromatic rings. The summed E-state index contributed by atoms with van der Waals surface area (Å²) in [5.41, 5.74) is 0.376. The van der Waals surface area contributed by atoms with Gasteiger partial charge in [0.05, 0.1) is 12.1 Å². The van der Waals surface area contributed by atoms with Gasteiger partial charge in [0, 0.05) is 12.6 Å². The van der Waals surface area contributed by atoms with Crippen molar-refractivity contribution in [3.8, 4) is 0 Å². The van der Waals surface area contributed by atoms with Gasteiger partial charge in [-0.1, -0.05) is 6.07 Å². The smallest absolute Gasteiger partial charge is 0.254 e. The summed E-state index contributed by atoms with van der Waals surface area (Å²) in [5, 5.41) is 9.22. The number of hydrogen-bond donors (Lipinski definition) is 1. The van der Waals surface area contributed by atoms with E-state index in [9.17, 15) is 14.3 Å². The van der Waals surface area contributed by atoms with Gasteiger partial charge in [0.1, 0.15) is 5.82 Å². The van der Waals surface area contributed by atoms with E-state index < -0.39 is 11.4 Å². The molecule has 1 rings (SSSR count). The van der Waals surface area contributed by atoms with Crippen LogP contribution in [-0.2, 0) is 0 Å². The van der Waals surface area contributed by atoms with Crippen LogP contribution in [0.25, 0.3) is 0 Å². The standard InChI is InChI=1S/C13H18FNO2/c1-9-5-6-10(14)7-11(9)12(17)15(4)13(2,3)8-16/h5-7,16H,8H2,1-4H3. The Labute approximate surface area is 101 Å². The molecule has 94 valence electrons. The summed E-state index contributed by atoms with van der Waals surface area (Å²) in [6, 6.07) is 4.12. The maximum absolute atomic E-state index is 13.1. The number of hydrogen-bond acceptors (Lipinski definition) is 2. The van der Waals surface area contributed by atoms with Crippen molar-refractivity contribution >= 4 is 5.91 Å². The number of nitrogens with zero attached hydrogens (tertiary/aromatic N) is 1. The molecule has 0 aromatic heterocycles. The van der Waals surface area contributed by atoms with Gasteiger partial charge in [0.25, 0.3) is 5.91 Å². The predicted molar refractivity (Wildman–Crippen MR) is 64.4 cm³/mol. The molecule has 0 heterocycles. The van der Waals surface area contributed by atoms with Gasteiger partial charge in [0.15, 0.2) is 0 Å². The first-order valence-electron chi connectivity index (χ1n) is 5.45. The van der Waals surface area contributed by atoms with Crippen molar-refractivity contribution in [1.29, 1.82) is 0 Å². The molecule has 1 aromatic carbocycles. The highest BCUT2D eigenvalue weighted by Gasteiger charge is 2.28. The summed E-state index contributed by atoms with van der Waals surface area (Å²) in [4.78, 5) is 13.6. The van der Waals surface area contributed by atoms with Gasteiger partial charge in [0.2, 0.25) is 0 Å². The molecule has 0 unspecified atom stereocenters. The van der Waals surface area contributed by atoms with Crippen molar-refractivity contribution in [3.05, 3.63) is 35.1 Å². The van der Waals surface area contributed by atoms with E-state index in [1.165, 1.54) is 17.0 Å². The number of aliphatic hydroxyl groups excluding tert-OH is 1. The number of carbonyl (C=O) groups is 1. The summed E-state index contributed by atoms with van der Waals surface area (Å²) < 4.78 is 13.1. The van der Waals surface area contributed by atoms with E-state index in [1.54, 1.807) is 33.9 Å². The van der Waals surface area contributed by atoms with E-state index in [0.29, 0.717) is 5.56 Å². The van der Waals surface area contributed by atoms with Crippen molar-refractivity contribution in [3.63, 3.8) is 0 Å². The Morgan fingerprint density at radius 1 is 1.47 bits per heavy atom. The fraction of sp³-hybridized carbons (Fsp3) is 0.462. The Hall–Kier alpha value is -1.42. The summed E-state index contributed by atoms with van der Waals surface area (Å²) in [6.07, 6.45) is 0. The highest BCUT2D eigenvalue weighted by atomic mass is 19.1. The van der Waals surface area contributed by atoms with Gasteiger partial charge < -0.3 is 10.0 Å². The minimum Gasteiger partial charge on any atom is -0.394 e.